The van der Waals surface area contributed by atoms with Crippen molar-refractivity contribution in [2.45, 2.75) is 38.3 Å². The number of imide groups is 1. The Morgan fingerprint density at radius 2 is 1.94 bits per heavy atom. The molecule has 1 spiro atoms. The van der Waals surface area contributed by atoms with E-state index in [2.05, 4.69) is 5.32 Å². The molecule has 0 bridgehead atoms. The zero-order valence-corrected chi connectivity index (χ0v) is 19.3. The number of benzene rings is 2. The van der Waals surface area contributed by atoms with Crippen molar-refractivity contribution >= 4 is 46.4 Å². The number of nitro benzene ring substituents is 1. The quantitative estimate of drug-likeness (QED) is 0.401. The number of rotatable bonds is 2. The van der Waals surface area contributed by atoms with Crippen molar-refractivity contribution in [2.24, 2.45) is 11.8 Å². The number of nitro groups is 1. The summed E-state index contributed by atoms with van der Waals surface area (Å²) in [4.78, 5) is 55.6. The highest BCUT2D eigenvalue weighted by Crippen LogP contribution is 2.61. The lowest BCUT2D eigenvalue weighted by atomic mass is 9.75. The van der Waals surface area contributed by atoms with E-state index >= 15 is 0 Å². The van der Waals surface area contributed by atoms with E-state index in [1.54, 1.807) is 12.1 Å². The van der Waals surface area contributed by atoms with Crippen LogP contribution in [0.4, 0.5) is 17.1 Å². The molecule has 9 nitrogen and oxygen atoms in total. The van der Waals surface area contributed by atoms with Crippen LogP contribution in [0.5, 0.6) is 0 Å². The van der Waals surface area contributed by atoms with Crippen LogP contribution in [0.2, 0.25) is 5.02 Å². The Morgan fingerprint density at radius 3 is 2.68 bits per heavy atom. The largest absolute Gasteiger partial charge is 0.323 e. The van der Waals surface area contributed by atoms with E-state index < -0.39 is 34.1 Å². The van der Waals surface area contributed by atoms with Gasteiger partial charge in [-0.3, -0.25) is 29.4 Å². The molecule has 174 valence electrons. The molecule has 3 amide bonds. The third-order valence-electron chi connectivity index (χ3n) is 7.91. The Hall–Kier alpha value is -3.30. The molecule has 0 aliphatic carbocycles. The molecule has 3 saturated heterocycles. The fourth-order valence-electron chi connectivity index (χ4n) is 6.68. The van der Waals surface area contributed by atoms with Gasteiger partial charge in [-0.05, 0) is 50.9 Å². The van der Waals surface area contributed by atoms with Gasteiger partial charge in [0.25, 0.3) is 11.6 Å². The Labute approximate surface area is 199 Å². The van der Waals surface area contributed by atoms with E-state index in [9.17, 15) is 24.5 Å². The number of nitrogens with zero attached hydrogens (tertiary/aromatic N) is 3. The van der Waals surface area contributed by atoms with Crippen LogP contribution in [-0.4, -0.2) is 40.1 Å². The van der Waals surface area contributed by atoms with E-state index in [1.165, 1.54) is 19.1 Å². The number of nitrogens with one attached hydrogen (secondary N) is 1. The molecule has 1 N–H and O–H groups in total. The number of hydrogen-bond acceptors (Lipinski definition) is 6. The van der Waals surface area contributed by atoms with Gasteiger partial charge in [-0.25, -0.2) is 4.90 Å². The first kappa shape index (κ1) is 21.2. The number of amides is 3. The highest BCUT2D eigenvalue weighted by atomic mass is 35.5. The predicted octanol–water partition coefficient (Wildman–Crippen LogP) is 3.30. The molecule has 6 rings (SSSR count). The normalized spacial score (nSPS) is 29.6. The zero-order chi connectivity index (χ0) is 24.1. The van der Waals surface area contributed by atoms with Crippen LogP contribution in [0.15, 0.2) is 30.3 Å². The van der Waals surface area contributed by atoms with E-state index in [4.69, 9.17) is 11.6 Å². The fraction of sp³-hybridized carbons (Fsp3) is 0.375. The van der Waals surface area contributed by atoms with Gasteiger partial charge in [0, 0.05) is 17.7 Å². The average Bonchev–Trinajstić information content (AvgIpc) is 3.48. The average molecular weight is 481 g/mol. The number of halogens is 1. The summed E-state index contributed by atoms with van der Waals surface area (Å²) < 4.78 is 0. The van der Waals surface area contributed by atoms with E-state index in [1.807, 2.05) is 17.9 Å². The first-order valence-corrected chi connectivity index (χ1v) is 11.6. The maximum absolute atomic E-state index is 14.0. The number of hydrogen-bond donors (Lipinski definition) is 1. The minimum absolute atomic E-state index is 0.168. The van der Waals surface area contributed by atoms with Crippen molar-refractivity contribution in [3.8, 4) is 0 Å². The van der Waals surface area contributed by atoms with Crippen LogP contribution in [0, 0.1) is 35.8 Å². The molecule has 2 aromatic carbocycles. The number of carbonyl (C=O) groups excluding carboxylic acids is 3. The lowest BCUT2D eigenvalue weighted by Crippen LogP contribution is -2.54. The standard InChI is InChI=1S/C24H21ClN4O5/c1-11-9-13-20(14(25)10-11)26-23(32)24(13)19-18(17-7-4-8-27(17)24)21(30)28(22(19)31)15-5-3-6-16(12(15)2)29(33)34/h3,5-6,9-10,17-19H,4,7-8H2,1-2H3,(H,26,32)/t17-,18-,19+,24+/m1/s1. The molecular weight excluding hydrogens is 460 g/mol. The number of anilines is 2. The summed E-state index contributed by atoms with van der Waals surface area (Å²) in [6, 6.07) is 7.71. The second kappa shape index (κ2) is 6.86. The van der Waals surface area contributed by atoms with Crippen molar-refractivity contribution in [2.75, 3.05) is 16.8 Å². The molecule has 34 heavy (non-hydrogen) atoms. The molecule has 4 atom stereocenters. The maximum atomic E-state index is 14.0. The minimum atomic E-state index is -1.34. The minimum Gasteiger partial charge on any atom is -0.323 e. The van der Waals surface area contributed by atoms with Gasteiger partial charge in [0.2, 0.25) is 11.8 Å². The van der Waals surface area contributed by atoms with Gasteiger partial charge in [0.15, 0.2) is 0 Å². The monoisotopic (exact) mass is 480 g/mol. The van der Waals surface area contributed by atoms with Crippen molar-refractivity contribution in [1.82, 2.24) is 4.90 Å². The molecule has 10 heteroatoms. The summed E-state index contributed by atoms with van der Waals surface area (Å²) in [6.07, 6.45) is 1.49. The second-order valence-electron chi connectivity index (χ2n) is 9.49. The van der Waals surface area contributed by atoms with Crippen molar-refractivity contribution in [3.63, 3.8) is 0 Å². The molecular formula is C24H21ClN4O5. The lowest BCUT2D eigenvalue weighted by Gasteiger charge is -2.37. The summed E-state index contributed by atoms with van der Waals surface area (Å²) in [7, 11) is 0. The van der Waals surface area contributed by atoms with Gasteiger partial charge in [-0.15, -0.1) is 0 Å². The van der Waals surface area contributed by atoms with Gasteiger partial charge in [-0.1, -0.05) is 23.7 Å². The lowest BCUT2D eigenvalue weighted by molar-refractivity contribution is -0.385. The summed E-state index contributed by atoms with van der Waals surface area (Å²) in [5.74, 6) is -2.93. The molecule has 2 aromatic rings. The first-order valence-electron chi connectivity index (χ1n) is 11.2. The SMILES string of the molecule is Cc1cc(Cl)c2c(c1)[C@@]1(C(=O)N2)[C@@H]2C(=O)N(c3cccc([N+](=O)[O-])c3C)C(=O)[C@@H]2[C@H]2CCCN21. The summed E-state index contributed by atoms with van der Waals surface area (Å²) in [5, 5.41) is 14.8. The molecule has 4 aliphatic rings. The van der Waals surface area contributed by atoms with E-state index in [0.717, 1.165) is 16.9 Å². The third kappa shape index (κ3) is 2.35. The van der Waals surface area contributed by atoms with Gasteiger partial charge in [0.05, 0.1) is 38.7 Å². The Morgan fingerprint density at radius 1 is 1.18 bits per heavy atom. The summed E-state index contributed by atoms with van der Waals surface area (Å²) in [5.41, 5.74) is 0.878. The van der Waals surface area contributed by atoms with E-state index in [0.29, 0.717) is 29.2 Å². The van der Waals surface area contributed by atoms with Crippen molar-refractivity contribution < 1.29 is 19.3 Å². The van der Waals surface area contributed by atoms with Crippen LogP contribution < -0.4 is 10.2 Å². The van der Waals surface area contributed by atoms with Crippen LogP contribution >= 0.6 is 11.6 Å². The molecule has 0 radical (unpaired) electrons. The van der Waals surface area contributed by atoms with Gasteiger partial charge >= 0.3 is 0 Å². The molecule has 4 heterocycles. The predicted molar refractivity (Wildman–Crippen MR) is 124 cm³/mol. The molecule has 0 saturated carbocycles. The van der Waals surface area contributed by atoms with Crippen LogP contribution in [0.3, 0.4) is 0 Å². The fourth-order valence-corrected chi connectivity index (χ4v) is 7.01. The number of fused-ring (bicyclic) bond motifs is 7. The zero-order valence-electron chi connectivity index (χ0n) is 18.5. The molecule has 0 unspecified atom stereocenters. The Bertz CT molecular complexity index is 1340. The van der Waals surface area contributed by atoms with Crippen LogP contribution in [0.1, 0.15) is 29.5 Å². The van der Waals surface area contributed by atoms with Gasteiger partial charge in [-0.2, -0.15) is 0 Å². The highest BCUT2D eigenvalue weighted by Gasteiger charge is 2.75. The smallest absolute Gasteiger partial charge is 0.274 e. The first-order chi connectivity index (χ1) is 16.2. The van der Waals surface area contributed by atoms with Crippen molar-refractivity contribution in [3.05, 3.63) is 62.2 Å². The topological polar surface area (TPSA) is 113 Å². The van der Waals surface area contributed by atoms with Gasteiger partial charge in [0.1, 0.15) is 5.54 Å². The summed E-state index contributed by atoms with van der Waals surface area (Å²) >= 11 is 6.49. The van der Waals surface area contributed by atoms with Crippen molar-refractivity contribution in [1.29, 1.82) is 0 Å². The highest BCUT2D eigenvalue weighted by molar-refractivity contribution is 6.35. The number of aryl methyl sites for hydroxylation is 1. The van der Waals surface area contributed by atoms with Crippen LogP contribution in [0.25, 0.3) is 0 Å². The summed E-state index contributed by atoms with van der Waals surface area (Å²) in [6.45, 7) is 3.99. The third-order valence-corrected chi connectivity index (χ3v) is 8.21. The Balaban J connectivity index is 1.57. The number of carbonyl (C=O) groups is 3. The second-order valence-corrected chi connectivity index (χ2v) is 9.89. The van der Waals surface area contributed by atoms with Crippen LogP contribution in [-0.2, 0) is 19.9 Å². The van der Waals surface area contributed by atoms with Gasteiger partial charge < -0.3 is 5.32 Å². The Kier molecular flexibility index (Phi) is 4.29. The molecule has 3 fully saturated rings. The molecule has 4 aliphatic heterocycles. The van der Waals surface area contributed by atoms with E-state index in [-0.39, 0.29) is 28.9 Å². The molecule has 0 aromatic heterocycles. The maximum Gasteiger partial charge on any atom is 0.274 e.